The second kappa shape index (κ2) is 5.87. The van der Waals surface area contributed by atoms with E-state index in [1.54, 1.807) is 0 Å². The molecule has 1 aliphatic heterocycles. The second-order valence-electron chi connectivity index (χ2n) is 4.61. The molecule has 1 aromatic carbocycles. The van der Waals surface area contributed by atoms with E-state index in [0.29, 0.717) is 19.4 Å². The minimum Gasteiger partial charge on any atom is -0.368 e. The third-order valence-corrected chi connectivity index (χ3v) is 4.10. The van der Waals surface area contributed by atoms with Crippen LogP contribution in [0.4, 0.5) is 5.69 Å². The Hall–Kier alpha value is -1.86. The molecule has 1 aliphatic rings. The Labute approximate surface area is 129 Å². The van der Waals surface area contributed by atoms with Crippen LogP contribution >= 0.6 is 23.2 Å². The molecule has 0 saturated carbocycles. The van der Waals surface area contributed by atoms with Crippen molar-refractivity contribution < 1.29 is 14.5 Å². The molecule has 2 rings (SSSR count). The number of primary amides is 1. The van der Waals surface area contributed by atoms with E-state index >= 15 is 0 Å². The molecule has 9 heteroatoms. The summed E-state index contributed by atoms with van der Waals surface area (Å²) >= 11 is 11.8. The predicted octanol–water partition coefficient (Wildman–Crippen LogP) is 1.99. The SMILES string of the molecule is NC(=O)C1CCCN1C(=O)c1cc([N+](=O)[O-])cc(Cl)c1Cl. The van der Waals surface area contributed by atoms with E-state index < -0.39 is 22.8 Å². The highest BCUT2D eigenvalue weighted by molar-refractivity contribution is 6.44. The minimum absolute atomic E-state index is 0.0811. The molecule has 1 saturated heterocycles. The van der Waals surface area contributed by atoms with Crippen molar-refractivity contribution in [1.29, 1.82) is 0 Å². The molecule has 0 aromatic heterocycles. The van der Waals surface area contributed by atoms with Crippen LogP contribution in [0.1, 0.15) is 23.2 Å². The first kappa shape index (κ1) is 15.5. The quantitative estimate of drug-likeness (QED) is 0.675. The molecular formula is C12H11Cl2N3O4. The number of hydrogen-bond acceptors (Lipinski definition) is 4. The molecule has 0 aliphatic carbocycles. The van der Waals surface area contributed by atoms with Gasteiger partial charge in [-0.05, 0) is 12.8 Å². The normalized spacial score (nSPS) is 17.8. The molecule has 0 bridgehead atoms. The fourth-order valence-electron chi connectivity index (χ4n) is 2.30. The zero-order valence-electron chi connectivity index (χ0n) is 10.7. The van der Waals surface area contributed by atoms with Crippen molar-refractivity contribution in [3.05, 3.63) is 37.9 Å². The second-order valence-corrected chi connectivity index (χ2v) is 5.39. The van der Waals surface area contributed by atoms with Gasteiger partial charge in [-0.1, -0.05) is 23.2 Å². The van der Waals surface area contributed by atoms with Crippen LogP contribution in [0, 0.1) is 10.1 Å². The molecule has 2 N–H and O–H groups in total. The number of carbonyl (C=O) groups is 2. The van der Waals surface area contributed by atoms with E-state index in [-0.39, 0.29) is 21.3 Å². The monoisotopic (exact) mass is 331 g/mol. The van der Waals surface area contributed by atoms with Crippen molar-refractivity contribution in [1.82, 2.24) is 4.90 Å². The maximum atomic E-state index is 12.5. The van der Waals surface area contributed by atoms with E-state index in [9.17, 15) is 19.7 Å². The van der Waals surface area contributed by atoms with Crippen LogP contribution in [0.3, 0.4) is 0 Å². The zero-order chi connectivity index (χ0) is 15.7. The Morgan fingerprint density at radius 3 is 2.62 bits per heavy atom. The van der Waals surface area contributed by atoms with Crippen molar-refractivity contribution >= 4 is 40.7 Å². The van der Waals surface area contributed by atoms with E-state index in [1.807, 2.05) is 0 Å². The predicted molar refractivity (Wildman–Crippen MR) is 76.4 cm³/mol. The number of amides is 2. The van der Waals surface area contributed by atoms with Crippen LogP contribution in [-0.2, 0) is 4.79 Å². The summed E-state index contributed by atoms with van der Waals surface area (Å²) in [4.78, 5) is 35.2. The molecular weight excluding hydrogens is 321 g/mol. The summed E-state index contributed by atoms with van der Waals surface area (Å²) in [6, 6.07) is 1.38. The Balaban J connectivity index is 2.43. The van der Waals surface area contributed by atoms with Crippen molar-refractivity contribution in [3.63, 3.8) is 0 Å². The van der Waals surface area contributed by atoms with Gasteiger partial charge in [0.1, 0.15) is 6.04 Å². The Kier molecular flexibility index (Phi) is 4.34. The molecule has 1 aromatic rings. The average molecular weight is 332 g/mol. The Bertz CT molecular complexity index is 635. The van der Waals surface area contributed by atoms with Crippen LogP contribution in [0.15, 0.2) is 12.1 Å². The van der Waals surface area contributed by atoms with Gasteiger partial charge in [0.2, 0.25) is 5.91 Å². The summed E-state index contributed by atoms with van der Waals surface area (Å²) in [5.41, 5.74) is 4.80. The first-order chi connectivity index (χ1) is 9.82. The van der Waals surface area contributed by atoms with Crippen LogP contribution in [0.5, 0.6) is 0 Å². The molecule has 21 heavy (non-hydrogen) atoms. The van der Waals surface area contributed by atoms with Gasteiger partial charge in [-0.15, -0.1) is 0 Å². The van der Waals surface area contributed by atoms with Gasteiger partial charge in [-0.2, -0.15) is 0 Å². The summed E-state index contributed by atoms with van der Waals surface area (Å²) in [5.74, 6) is -1.21. The molecule has 1 unspecified atom stereocenters. The maximum absolute atomic E-state index is 12.5. The third kappa shape index (κ3) is 2.93. The van der Waals surface area contributed by atoms with Gasteiger partial charge in [-0.25, -0.2) is 0 Å². The van der Waals surface area contributed by atoms with E-state index in [2.05, 4.69) is 0 Å². The smallest absolute Gasteiger partial charge is 0.271 e. The molecule has 0 radical (unpaired) electrons. The Morgan fingerprint density at radius 1 is 1.38 bits per heavy atom. The summed E-state index contributed by atoms with van der Waals surface area (Å²) in [6.45, 7) is 0.336. The van der Waals surface area contributed by atoms with Crippen LogP contribution < -0.4 is 5.73 Å². The number of nitro groups is 1. The number of likely N-dealkylation sites (tertiary alicyclic amines) is 1. The van der Waals surface area contributed by atoms with Crippen LogP contribution in [0.2, 0.25) is 10.0 Å². The van der Waals surface area contributed by atoms with E-state index in [0.717, 1.165) is 12.1 Å². The van der Waals surface area contributed by atoms with Gasteiger partial charge in [-0.3, -0.25) is 19.7 Å². The summed E-state index contributed by atoms with van der Waals surface area (Å²) < 4.78 is 0. The fourth-order valence-corrected chi connectivity index (χ4v) is 2.70. The lowest BCUT2D eigenvalue weighted by Crippen LogP contribution is -2.43. The summed E-state index contributed by atoms with van der Waals surface area (Å²) in [6.07, 6.45) is 1.08. The number of non-ortho nitro benzene ring substituents is 1. The van der Waals surface area contributed by atoms with Crippen LogP contribution in [-0.4, -0.2) is 34.2 Å². The molecule has 7 nitrogen and oxygen atoms in total. The number of nitrogens with two attached hydrogens (primary N) is 1. The first-order valence-electron chi connectivity index (χ1n) is 6.06. The lowest BCUT2D eigenvalue weighted by Gasteiger charge is -2.22. The van der Waals surface area contributed by atoms with Crippen molar-refractivity contribution in [3.8, 4) is 0 Å². The van der Waals surface area contributed by atoms with Gasteiger partial charge in [0, 0.05) is 18.7 Å². The number of carbonyl (C=O) groups excluding carboxylic acids is 2. The van der Waals surface area contributed by atoms with E-state index in [1.165, 1.54) is 4.90 Å². The number of benzene rings is 1. The number of nitro benzene ring substituents is 1. The first-order valence-corrected chi connectivity index (χ1v) is 6.82. The molecule has 1 fully saturated rings. The fraction of sp³-hybridized carbons (Fsp3) is 0.333. The largest absolute Gasteiger partial charge is 0.368 e. The van der Waals surface area contributed by atoms with Crippen molar-refractivity contribution in [2.24, 2.45) is 5.73 Å². The highest BCUT2D eigenvalue weighted by Crippen LogP contribution is 2.33. The van der Waals surface area contributed by atoms with Gasteiger partial charge >= 0.3 is 0 Å². The average Bonchev–Trinajstić information content (AvgIpc) is 2.90. The number of halogens is 2. The zero-order valence-corrected chi connectivity index (χ0v) is 12.2. The molecule has 1 heterocycles. The highest BCUT2D eigenvalue weighted by Gasteiger charge is 2.34. The lowest BCUT2D eigenvalue weighted by atomic mass is 10.1. The number of hydrogen-bond donors (Lipinski definition) is 1. The highest BCUT2D eigenvalue weighted by atomic mass is 35.5. The van der Waals surface area contributed by atoms with Gasteiger partial charge in [0.05, 0.1) is 20.5 Å². The van der Waals surface area contributed by atoms with Gasteiger partial charge < -0.3 is 10.6 Å². The lowest BCUT2D eigenvalue weighted by molar-refractivity contribution is -0.384. The topological polar surface area (TPSA) is 107 Å². The summed E-state index contributed by atoms with van der Waals surface area (Å²) in [7, 11) is 0. The van der Waals surface area contributed by atoms with E-state index in [4.69, 9.17) is 28.9 Å². The van der Waals surface area contributed by atoms with Gasteiger partial charge in [0.15, 0.2) is 0 Å². The standard InChI is InChI=1S/C12H11Cl2N3O4/c13-8-5-6(17(20)21)4-7(10(8)14)12(19)16-3-1-2-9(16)11(15)18/h4-5,9H,1-3H2,(H2,15,18). The number of rotatable bonds is 3. The maximum Gasteiger partial charge on any atom is 0.271 e. The molecule has 2 amide bonds. The minimum atomic E-state index is -0.730. The molecule has 1 atom stereocenters. The number of nitrogens with zero attached hydrogens (tertiary/aromatic N) is 2. The van der Waals surface area contributed by atoms with Crippen LogP contribution in [0.25, 0.3) is 0 Å². The third-order valence-electron chi connectivity index (χ3n) is 3.30. The van der Waals surface area contributed by atoms with Gasteiger partial charge in [0.25, 0.3) is 11.6 Å². The molecule has 112 valence electrons. The van der Waals surface area contributed by atoms with Crippen molar-refractivity contribution in [2.45, 2.75) is 18.9 Å². The molecule has 0 spiro atoms. The summed E-state index contributed by atoms with van der Waals surface area (Å²) in [5, 5.41) is 10.7. The van der Waals surface area contributed by atoms with Crippen molar-refractivity contribution in [2.75, 3.05) is 6.54 Å². The Morgan fingerprint density at radius 2 is 2.05 bits per heavy atom.